The molecule has 3 atom stereocenters. The lowest BCUT2D eigenvalue weighted by Gasteiger charge is -2.34. The fourth-order valence-electron chi connectivity index (χ4n) is 3.44. The summed E-state index contributed by atoms with van der Waals surface area (Å²) in [6.45, 7) is 0. The van der Waals surface area contributed by atoms with Gasteiger partial charge in [-0.15, -0.1) is 11.6 Å². The number of hydrogen-bond acceptors (Lipinski definition) is 6. The highest BCUT2D eigenvalue weighted by atomic mass is 35.5. The minimum atomic E-state index is -0.986. The van der Waals surface area contributed by atoms with Gasteiger partial charge >= 0.3 is 12.1 Å². The Morgan fingerprint density at radius 3 is 2.52 bits per heavy atom. The molecule has 2 aliphatic heterocycles. The second-order valence-electron chi connectivity index (χ2n) is 5.38. The van der Waals surface area contributed by atoms with E-state index in [4.69, 9.17) is 25.9 Å². The van der Waals surface area contributed by atoms with Crippen molar-refractivity contribution < 1.29 is 23.9 Å². The molecule has 0 aliphatic carbocycles. The van der Waals surface area contributed by atoms with E-state index in [2.05, 4.69) is 0 Å². The summed E-state index contributed by atoms with van der Waals surface area (Å²) in [5.74, 6) is -0.543. The predicted octanol–water partition coefficient (Wildman–Crippen LogP) is 1.84. The minimum Gasteiger partial charge on any atom is -0.467 e. The molecule has 1 aromatic rings. The highest BCUT2D eigenvalue weighted by Crippen LogP contribution is 2.56. The maximum atomic E-state index is 12.3. The Morgan fingerprint density at radius 2 is 1.91 bits per heavy atom. The van der Waals surface area contributed by atoms with Crippen LogP contribution in [0.1, 0.15) is 12.0 Å². The van der Waals surface area contributed by atoms with Gasteiger partial charge in [0.15, 0.2) is 6.17 Å². The summed E-state index contributed by atoms with van der Waals surface area (Å²) in [5.41, 5.74) is 1.56. The van der Waals surface area contributed by atoms with Crippen molar-refractivity contribution in [2.24, 2.45) is 0 Å². The highest BCUT2D eigenvalue weighted by molar-refractivity contribution is 6.26. The number of halogens is 1. The standard InChI is InChI=1S/C15H17ClN2O5/c1-21-12(19)11-8-15(16)9-6-4-5-7-10(9)18(23-3)13(15)17(11)14(20)22-2/h4-7,11,13H,8H2,1-3H3/t11-,13-,15-/m0/s1. The summed E-state index contributed by atoms with van der Waals surface area (Å²) < 4.78 is 9.66. The fourth-order valence-corrected chi connectivity index (χ4v) is 3.94. The molecule has 0 saturated carbocycles. The summed E-state index contributed by atoms with van der Waals surface area (Å²) in [5, 5.41) is 1.53. The summed E-state index contributed by atoms with van der Waals surface area (Å²) in [6, 6.07) is 6.58. The van der Waals surface area contributed by atoms with Crippen molar-refractivity contribution in [1.29, 1.82) is 0 Å². The number of esters is 1. The zero-order valence-corrected chi connectivity index (χ0v) is 13.7. The summed E-state index contributed by atoms with van der Waals surface area (Å²) in [4.78, 5) is 30.2. The van der Waals surface area contributed by atoms with Gasteiger partial charge in [0, 0.05) is 12.0 Å². The second kappa shape index (κ2) is 5.58. The normalized spacial score (nSPS) is 28.3. The largest absolute Gasteiger partial charge is 0.467 e. The number of likely N-dealkylation sites (tertiary alicyclic amines) is 1. The van der Waals surface area contributed by atoms with Crippen LogP contribution in [0.4, 0.5) is 10.5 Å². The first-order valence-electron chi connectivity index (χ1n) is 7.05. The van der Waals surface area contributed by atoms with Gasteiger partial charge in [0.1, 0.15) is 10.9 Å². The monoisotopic (exact) mass is 340 g/mol. The molecule has 23 heavy (non-hydrogen) atoms. The van der Waals surface area contributed by atoms with Gasteiger partial charge in [-0.05, 0) is 6.07 Å². The number of methoxy groups -OCH3 is 2. The van der Waals surface area contributed by atoms with Gasteiger partial charge < -0.3 is 9.47 Å². The molecule has 1 amide bonds. The van der Waals surface area contributed by atoms with E-state index < -0.39 is 29.1 Å². The molecule has 3 rings (SSSR count). The number of hydrogen-bond donors (Lipinski definition) is 0. The number of benzene rings is 1. The molecular weight excluding hydrogens is 324 g/mol. The molecular formula is C15H17ClN2O5. The molecule has 2 heterocycles. The van der Waals surface area contributed by atoms with Crippen LogP contribution < -0.4 is 5.06 Å². The number of anilines is 1. The molecule has 1 fully saturated rings. The molecule has 8 heteroatoms. The number of carbonyl (C=O) groups is 2. The van der Waals surface area contributed by atoms with E-state index in [1.807, 2.05) is 24.3 Å². The van der Waals surface area contributed by atoms with Crippen LogP contribution >= 0.6 is 11.6 Å². The number of rotatable bonds is 2. The van der Waals surface area contributed by atoms with Crippen LogP contribution in [-0.4, -0.2) is 50.5 Å². The van der Waals surface area contributed by atoms with Crippen LogP contribution in [0.25, 0.3) is 0 Å². The van der Waals surface area contributed by atoms with Crippen molar-refractivity contribution in [2.45, 2.75) is 23.5 Å². The van der Waals surface area contributed by atoms with Gasteiger partial charge in [0.25, 0.3) is 0 Å². The van der Waals surface area contributed by atoms with E-state index in [1.54, 1.807) is 0 Å². The van der Waals surface area contributed by atoms with Crippen LogP contribution in [0.5, 0.6) is 0 Å². The predicted molar refractivity (Wildman–Crippen MR) is 81.9 cm³/mol. The van der Waals surface area contributed by atoms with Crippen molar-refractivity contribution in [3.05, 3.63) is 29.8 Å². The lowest BCUT2D eigenvalue weighted by molar-refractivity contribution is -0.146. The number of hydroxylamine groups is 1. The van der Waals surface area contributed by atoms with E-state index in [-0.39, 0.29) is 6.42 Å². The molecule has 0 bridgehead atoms. The maximum absolute atomic E-state index is 12.3. The molecule has 0 spiro atoms. The van der Waals surface area contributed by atoms with E-state index in [0.717, 1.165) is 11.3 Å². The van der Waals surface area contributed by atoms with E-state index >= 15 is 0 Å². The first kappa shape index (κ1) is 15.9. The summed E-state index contributed by atoms with van der Waals surface area (Å²) >= 11 is 6.88. The number of fused-ring (bicyclic) bond motifs is 3. The van der Waals surface area contributed by atoms with Gasteiger partial charge in [0.05, 0.1) is 27.0 Å². The van der Waals surface area contributed by atoms with Crippen LogP contribution in [0.2, 0.25) is 0 Å². The second-order valence-corrected chi connectivity index (χ2v) is 6.06. The smallest absolute Gasteiger partial charge is 0.412 e. The van der Waals surface area contributed by atoms with Gasteiger partial charge in [-0.2, -0.15) is 0 Å². The Morgan fingerprint density at radius 1 is 1.22 bits per heavy atom. The Kier molecular flexibility index (Phi) is 3.85. The maximum Gasteiger partial charge on any atom is 0.412 e. The molecule has 0 aromatic heterocycles. The molecule has 0 N–H and O–H groups in total. The van der Waals surface area contributed by atoms with Crippen molar-refractivity contribution in [3.63, 3.8) is 0 Å². The van der Waals surface area contributed by atoms with Crippen molar-refractivity contribution in [2.75, 3.05) is 26.4 Å². The molecule has 0 unspecified atom stereocenters. The van der Waals surface area contributed by atoms with Gasteiger partial charge in [-0.3, -0.25) is 9.74 Å². The average molecular weight is 341 g/mol. The third kappa shape index (κ3) is 2.07. The van der Waals surface area contributed by atoms with Crippen LogP contribution in [0.15, 0.2) is 24.3 Å². The van der Waals surface area contributed by atoms with Crippen LogP contribution in [-0.2, 0) is 24.0 Å². The minimum absolute atomic E-state index is 0.206. The Bertz CT molecular complexity index is 655. The van der Waals surface area contributed by atoms with Gasteiger partial charge in [0.2, 0.25) is 0 Å². The lowest BCUT2D eigenvalue weighted by atomic mass is 9.95. The Labute approximate surface area is 138 Å². The average Bonchev–Trinajstić information content (AvgIpc) is 3.01. The SMILES string of the molecule is COC(=O)[C@@H]1C[C@]2(Cl)c3ccccc3N(OC)[C@@H]2N1C(=O)OC. The van der Waals surface area contributed by atoms with Gasteiger partial charge in [-0.25, -0.2) is 14.7 Å². The number of para-hydroxylation sites is 1. The quantitative estimate of drug-likeness (QED) is 0.604. The van der Waals surface area contributed by atoms with Crippen molar-refractivity contribution in [1.82, 2.24) is 4.90 Å². The zero-order valence-electron chi connectivity index (χ0n) is 13.0. The fraction of sp³-hybridized carbons (Fsp3) is 0.467. The molecule has 2 aliphatic rings. The van der Waals surface area contributed by atoms with E-state index in [1.165, 1.54) is 31.3 Å². The molecule has 7 nitrogen and oxygen atoms in total. The van der Waals surface area contributed by atoms with Crippen molar-refractivity contribution >= 4 is 29.4 Å². The number of ether oxygens (including phenoxy) is 2. The number of alkyl halides is 1. The van der Waals surface area contributed by atoms with E-state index in [9.17, 15) is 9.59 Å². The molecule has 1 aromatic carbocycles. The first-order chi connectivity index (χ1) is 11.0. The number of nitrogens with zero attached hydrogens (tertiary/aromatic N) is 2. The summed E-state index contributed by atoms with van der Waals surface area (Å²) in [6.07, 6.45) is -1.16. The topological polar surface area (TPSA) is 68.3 Å². The van der Waals surface area contributed by atoms with Crippen LogP contribution in [0, 0.1) is 0 Å². The Balaban J connectivity index is 2.14. The highest BCUT2D eigenvalue weighted by Gasteiger charge is 2.64. The lowest BCUT2D eigenvalue weighted by Crippen LogP contribution is -2.53. The number of amides is 1. The first-order valence-corrected chi connectivity index (χ1v) is 7.43. The third-order valence-corrected chi connectivity index (χ3v) is 4.92. The number of carbonyl (C=O) groups excluding carboxylic acids is 2. The summed E-state index contributed by atoms with van der Waals surface area (Å²) in [7, 11) is 4.01. The molecule has 124 valence electrons. The third-order valence-electron chi connectivity index (χ3n) is 4.37. The molecule has 1 saturated heterocycles. The molecule has 0 radical (unpaired) electrons. The van der Waals surface area contributed by atoms with Gasteiger partial charge in [-0.1, -0.05) is 18.2 Å². The van der Waals surface area contributed by atoms with Crippen LogP contribution in [0.3, 0.4) is 0 Å². The Hall–Kier alpha value is -1.99. The van der Waals surface area contributed by atoms with E-state index in [0.29, 0.717) is 0 Å². The van der Waals surface area contributed by atoms with Crippen molar-refractivity contribution in [3.8, 4) is 0 Å². The zero-order chi connectivity index (χ0) is 16.8.